The van der Waals surface area contributed by atoms with Crippen LogP contribution in [0.3, 0.4) is 0 Å². The van der Waals surface area contributed by atoms with E-state index in [0.717, 1.165) is 23.4 Å². The number of pyridine rings is 1. The Balaban J connectivity index is 1.32. The highest BCUT2D eigenvalue weighted by Gasteiger charge is 2.43. The quantitative estimate of drug-likeness (QED) is 0.766. The highest BCUT2D eigenvalue weighted by atomic mass is 35.5. The standard InChI is InChI=1S/C19H17ClN4O/c20-15-3-1-2-14(8-15)16-9-17(16)19(25)23-11-13-4-5-18(22-10-13)24-7-6-21-12-24/h1-8,10,12,16-17H,9,11H2,(H,23,25)/t16-,17-/m1/s1. The number of nitrogens with one attached hydrogen (secondary N) is 1. The van der Waals surface area contributed by atoms with Crippen LogP contribution in [0.5, 0.6) is 0 Å². The molecule has 1 fully saturated rings. The van der Waals surface area contributed by atoms with Crippen LogP contribution in [0, 0.1) is 5.92 Å². The molecular formula is C19H17ClN4O. The Morgan fingerprint density at radius 2 is 2.24 bits per heavy atom. The summed E-state index contributed by atoms with van der Waals surface area (Å²) in [5, 5.41) is 3.71. The molecule has 5 nitrogen and oxygen atoms in total. The van der Waals surface area contributed by atoms with Gasteiger partial charge in [-0.15, -0.1) is 0 Å². The lowest BCUT2D eigenvalue weighted by Gasteiger charge is -2.07. The van der Waals surface area contributed by atoms with E-state index in [0.29, 0.717) is 11.6 Å². The van der Waals surface area contributed by atoms with Gasteiger partial charge in [0.15, 0.2) is 0 Å². The van der Waals surface area contributed by atoms with Crippen LogP contribution in [0.2, 0.25) is 5.02 Å². The zero-order valence-corrected chi connectivity index (χ0v) is 14.2. The minimum absolute atomic E-state index is 0.0386. The van der Waals surface area contributed by atoms with E-state index >= 15 is 0 Å². The molecule has 25 heavy (non-hydrogen) atoms. The molecule has 1 amide bonds. The summed E-state index contributed by atoms with van der Waals surface area (Å²) in [4.78, 5) is 20.7. The number of rotatable bonds is 5. The van der Waals surface area contributed by atoms with Gasteiger partial charge >= 0.3 is 0 Å². The zero-order valence-electron chi connectivity index (χ0n) is 13.5. The second-order valence-corrected chi connectivity index (χ2v) is 6.65. The van der Waals surface area contributed by atoms with Crippen LogP contribution < -0.4 is 5.32 Å². The molecule has 3 aromatic rings. The van der Waals surface area contributed by atoms with E-state index in [4.69, 9.17) is 11.6 Å². The molecule has 126 valence electrons. The van der Waals surface area contributed by atoms with Crippen LogP contribution in [0.15, 0.2) is 61.3 Å². The molecule has 1 saturated carbocycles. The maximum atomic E-state index is 12.3. The highest BCUT2D eigenvalue weighted by Crippen LogP contribution is 2.47. The Morgan fingerprint density at radius 1 is 1.32 bits per heavy atom. The number of benzene rings is 1. The van der Waals surface area contributed by atoms with E-state index < -0.39 is 0 Å². The fourth-order valence-electron chi connectivity index (χ4n) is 2.98. The Hall–Kier alpha value is -2.66. The number of amides is 1. The molecule has 2 heterocycles. The van der Waals surface area contributed by atoms with E-state index in [-0.39, 0.29) is 17.7 Å². The molecule has 0 saturated heterocycles. The van der Waals surface area contributed by atoms with Crippen molar-refractivity contribution in [3.8, 4) is 5.82 Å². The number of imidazole rings is 1. The Morgan fingerprint density at radius 3 is 2.96 bits per heavy atom. The first-order chi connectivity index (χ1) is 12.2. The number of nitrogens with zero attached hydrogens (tertiary/aromatic N) is 3. The van der Waals surface area contributed by atoms with Gasteiger partial charge in [0.05, 0.1) is 0 Å². The van der Waals surface area contributed by atoms with Crippen molar-refractivity contribution in [3.63, 3.8) is 0 Å². The fraction of sp³-hybridized carbons (Fsp3) is 0.211. The average Bonchev–Trinajstić information content (AvgIpc) is 3.25. The second-order valence-electron chi connectivity index (χ2n) is 6.22. The van der Waals surface area contributed by atoms with E-state index in [2.05, 4.69) is 15.3 Å². The molecule has 0 bridgehead atoms. The zero-order chi connectivity index (χ0) is 17.2. The second kappa shape index (κ2) is 6.69. The van der Waals surface area contributed by atoms with Crippen molar-refractivity contribution >= 4 is 17.5 Å². The van der Waals surface area contributed by atoms with Crippen molar-refractivity contribution in [1.82, 2.24) is 19.9 Å². The average molecular weight is 353 g/mol. The molecular weight excluding hydrogens is 336 g/mol. The number of carbonyl (C=O) groups is 1. The summed E-state index contributed by atoms with van der Waals surface area (Å²) in [7, 11) is 0. The smallest absolute Gasteiger partial charge is 0.224 e. The third-order valence-electron chi connectivity index (χ3n) is 4.45. The van der Waals surface area contributed by atoms with E-state index in [1.54, 1.807) is 18.7 Å². The van der Waals surface area contributed by atoms with Gasteiger partial charge < -0.3 is 5.32 Å². The Bertz CT molecular complexity index is 877. The highest BCUT2D eigenvalue weighted by molar-refractivity contribution is 6.30. The summed E-state index contributed by atoms with van der Waals surface area (Å²) in [5.74, 6) is 1.21. The lowest BCUT2D eigenvalue weighted by Crippen LogP contribution is -2.25. The van der Waals surface area contributed by atoms with Gasteiger partial charge in [0.2, 0.25) is 5.91 Å². The van der Waals surface area contributed by atoms with Crippen LogP contribution in [0.4, 0.5) is 0 Å². The monoisotopic (exact) mass is 352 g/mol. The number of hydrogen-bond donors (Lipinski definition) is 1. The maximum Gasteiger partial charge on any atom is 0.224 e. The Kier molecular flexibility index (Phi) is 4.24. The minimum Gasteiger partial charge on any atom is -0.352 e. The molecule has 0 spiro atoms. The van der Waals surface area contributed by atoms with Gasteiger partial charge in [-0.1, -0.05) is 29.8 Å². The van der Waals surface area contributed by atoms with Gasteiger partial charge in [-0.3, -0.25) is 9.36 Å². The predicted molar refractivity (Wildman–Crippen MR) is 95.5 cm³/mol. The maximum absolute atomic E-state index is 12.3. The Labute approximate surface area is 150 Å². The van der Waals surface area contributed by atoms with Crippen LogP contribution in [-0.4, -0.2) is 20.4 Å². The molecule has 1 N–H and O–H groups in total. The topological polar surface area (TPSA) is 59.8 Å². The van der Waals surface area contributed by atoms with Crippen LogP contribution in [0.1, 0.15) is 23.5 Å². The largest absolute Gasteiger partial charge is 0.352 e. The molecule has 4 rings (SSSR count). The molecule has 0 radical (unpaired) electrons. The molecule has 2 atom stereocenters. The number of halogens is 1. The summed E-state index contributed by atoms with van der Waals surface area (Å²) in [6, 6.07) is 11.6. The fourth-order valence-corrected chi connectivity index (χ4v) is 3.18. The summed E-state index contributed by atoms with van der Waals surface area (Å²) in [6.45, 7) is 0.481. The van der Waals surface area contributed by atoms with Crippen LogP contribution >= 0.6 is 11.6 Å². The predicted octanol–water partition coefficient (Wildman–Crippen LogP) is 3.34. The van der Waals surface area contributed by atoms with Gasteiger partial charge in [-0.25, -0.2) is 9.97 Å². The first-order valence-corrected chi connectivity index (χ1v) is 8.55. The van der Waals surface area contributed by atoms with Crippen molar-refractivity contribution in [2.75, 3.05) is 0 Å². The lowest BCUT2D eigenvalue weighted by molar-refractivity contribution is -0.122. The van der Waals surface area contributed by atoms with E-state index in [1.165, 1.54) is 0 Å². The number of aromatic nitrogens is 3. The lowest BCUT2D eigenvalue weighted by atomic mass is 10.1. The SMILES string of the molecule is O=C(NCc1ccc(-n2ccnc2)nc1)[C@@H]1C[C@@H]1c1cccc(Cl)c1. The first-order valence-electron chi connectivity index (χ1n) is 8.17. The summed E-state index contributed by atoms with van der Waals surface area (Å²) in [6.07, 6.45) is 7.91. The van der Waals surface area contributed by atoms with E-state index in [9.17, 15) is 4.79 Å². The first kappa shape index (κ1) is 15.8. The number of hydrogen-bond acceptors (Lipinski definition) is 3. The van der Waals surface area contributed by atoms with Crippen molar-refractivity contribution in [2.45, 2.75) is 18.9 Å². The molecule has 1 aliphatic carbocycles. The van der Waals surface area contributed by atoms with Crippen molar-refractivity contribution in [2.24, 2.45) is 5.92 Å². The molecule has 1 aliphatic rings. The third kappa shape index (κ3) is 3.56. The molecule has 0 unspecified atom stereocenters. The van der Waals surface area contributed by atoms with Crippen LogP contribution in [0.25, 0.3) is 5.82 Å². The van der Waals surface area contributed by atoms with Gasteiger partial charge in [-0.05, 0) is 41.7 Å². The summed E-state index contributed by atoms with van der Waals surface area (Å²) < 4.78 is 1.84. The van der Waals surface area contributed by atoms with Crippen LogP contribution in [-0.2, 0) is 11.3 Å². The normalized spacial score (nSPS) is 18.8. The summed E-state index contributed by atoms with van der Waals surface area (Å²) >= 11 is 6.02. The van der Waals surface area contributed by atoms with Gasteiger partial charge in [0, 0.05) is 36.1 Å². The van der Waals surface area contributed by atoms with Gasteiger partial charge in [0.1, 0.15) is 12.1 Å². The van der Waals surface area contributed by atoms with Crippen molar-refractivity contribution in [3.05, 3.63) is 77.5 Å². The van der Waals surface area contributed by atoms with Gasteiger partial charge in [0.25, 0.3) is 0 Å². The number of carbonyl (C=O) groups excluding carboxylic acids is 1. The summed E-state index contributed by atoms with van der Waals surface area (Å²) in [5.41, 5.74) is 2.11. The van der Waals surface area contributed by atoms with E-state index in [1.807, 2.05) is 47.2 Å². The molecule has 0 aliphatic heterocycles. The van der Waals surface area contributed by atoms with Crippen molar-refractivity contribution in [1.29, 1.82) is 0 Å². The van der Waals surface area contributed by atoms with Crippen molar-refractivity contribution < 1.29 is 4.79 Å². The third-order valence-corrected chi connectivity index (χ3v) is 4.68. The molecule has 1 aromatic carbocycles. The molecule has 6 heteroatoms. The minimum atomic E-state index is 0.0386. The molecule has 2 aromatic heterocycles. The van der Waals surface area contributed by atoms with Gasteiger partial charge in [-0.2, -0.15) is 0 Å².